The van der Waals surface area contributed by atoms with E-state index in [1.807, 2.05) is 7.05 Å². The molecule has 6 nitrogen and oxygen atoms in total. The molecule has 0 aromatic heterocycles. The number of hydrogen-bond acceptors (Lipinski definition) is 4. The van der Waals surface area contributed by atoms with E-state index in [1.165, 1.54) is 22.5 Å². The highest BCUT2D eigenvalue weighted by Gasteiger charge is 2.43. The first-order chi connectivity index (χ1) is 14.8. The molecule has 4 rings (SSSR count). The van der Waals surface area contributed by atoms with E-state index in [0.717, 1.165) is 12.8 Å². The van der Waals surface area contributed by atoms with Crippen LogP contribution in [0.1, 0.15) is 31.2 Å². The van der Waals surface area contributed by atoms with Gasteiger partial charge in [-0.05, 0) is 55.8 Å². The van der Waals surface area contributed by atoms with Gasteiger partial charge in [0.15, 0.2) is 0 Å². The lowest BCUT2D eigenvalue weighted by atomic mass is 9.78. The molecule has 2 aromatic rings. The Morgan fingerprint density at radius 1 is 1.00 bits per heavy atom. The molecule has 1 saturated heterocycles. The third-order valence-electron chi connectivity index (χ3n) is 6.46. The molecule has 0 unspecified atom stereocenters. The molecule has 2 aliphatic rings. The van der Waals surface area contributed by atoms with Gasteiger partial charge in [0.25, 0.3) is 0 Å². The maximum atomic E-state index is 13.9. The van der Waals surface area contributed by atoms with Crippen molar-refractivity contribution in [1.29, 1.82) is 0 Å². The van der Waals surface area contributed by atoms with Gasteiger partial charge in [-0.3, -0.25) is 4.79 Å². The Morgan fingerprint density at radius 2 is 1.68 bits per heavy atom. The van der Waals surface area contributed by atoms with Crippen LogP contribution in [0.5, 0.6) is 0 Å². The van der Waals surface area contributed by atoms with Gasteiger partial charge in [0.05, 0.1) is 10.3 Å². The summed E-state index contributed by atoms with van der Waals surface area (Å²) in [4.78, 5) is 15.6. The van der Waals surface area contributed by atoms with Crippen LogP contribution in [0.4, 0.5) is 10.1 Å². The van der Waals surface area contributed by atoms with E-state index in [9.17, 15) is 17.6 Å². The maximum absolute atomic E-state index is 13.9. The van der Waals surface area contributed by atoms with Crippen molar-refractivity contribution < 1.29 is 17.6 Å². The quantitative estimate of drug-likeness (QED) is 0.767. The molecule has 0 atom stereocenters. The fourth-order valence-corrected chi connectivity index (χ4v) is 6.04. The fraction of sp³-hybridized carbons (Fsp3) is 0.435. The minimum Gasteiger partial charge on any atom is -0.325 e. The van der Waals surface area contributed by atoms with E-state index < -0.39 is 15.4 Å². The summed E-state index contributed by atoms with van der Waals surface area (Å²) >= 11 is 0. The summed E-state index contributed by atoms with van der Waals surface area (Å²) in [7, 11) is -1.66. The molecule has 1 aliphatic carbocycles. The monoisotopic (exact) mass is 445 g/mol. The lowest BCUT2D eigenvalue weighted by molar-refractivity contribution is -0.121. The summed E-state index contributed by atoms with van der Waals surface area (Å²) in [6.07, 6.45) is 3.06. The van der Waals surface area contributed by atoms with Gasteiger partial charge >= 0.3 is 0 Å². The summed E-state index contributed by atoms with van der Waals surface area (Å²) < 4.78 is 41.5. The van der Waals surface area contributed by atoms with Crippen LogP contribution in [-0.4, -0.2) is 56.8 Å². The molecule has 1 amide bonds. The van der Waals surface area contributed by atoms with Gasteiger partial charge in [-0.25, -0.2) is 12.8 Å². The number of hydrogen-bond donors (Lipinski definition) is 1. The molecule has 1 heterocycles. The van der Waals surface area contributed by atoms with Gasteiger partial charge in [0.1, 0.15) is 5.82 Å². The van der Waals surface area contributed by atoms with Gasteiger partial charge in [0, 0.05) is 31.9 Å². The minimum atomic E-state index is -3.63. The molecule has 1 N–H and O–H groups in total. The summed E-state index contributed by atoms with van der Waals surface area (Å²) in [6, 6.07) is 12.6. The highest BCUT2D eigenvalue weighted by atomic mass is 32.2. The average molecular weight is 446 g/mol. The second-order valence-corrected chi connectivity index (χ2v) is 10.4. The van der Waals surface area contributed by atoms with E-state index in [-0.39, 0.29) is 16.6 Å². The second-order valence-electron chi connectivity index (χ2n) is 8.49. The first kappa shape index (κ1) is 21.9. The number of sulfonamides is 1. The number of carbonyl (C=O) groups excluding carboxylic acids is 1. The smallest absolute Gasteiger partial charge is 0.243 e. The molecule has 1 aliphatic heterocycles. The van der Waals surface area contributed by atoms with Crippen LogP contribution < -0.4 is 5.32 Å². The van der Waals surface area contributed by atoms with Crippen molar-refractivity contribution in [3.63, 3.8) is 0 Å². The lowest BCUT2D eigenvalue weighted by Crippen LogP contribution is -2.47. The zero-order chi connectivity index (χ0) is 22.1. The number of anilines is 1. The molecule has 0 radical (unpaired) electrons. The molecule has 166 valence electrons. The molecular weight excluding hydrogens is 417 g/mol. The number of piperazine rings is 1. The molecule has 0 bridgehead atoms. The van der Waals surface area contributed by atoms with Crippen LogP contribution in [-0.2, 0) is 20.2 Å². The Morgan fingerprint density at radius 3 is 2.35 bits per heavy atom. The highest BCUT2D eigenvalue weighted by molar-refractivity contribution is 7.89. The average Bonchev–Trinajstić information content (AvgIpc) is 3.26. The summed E-state index contributed by atoms with van der Waals surface area (Å²) in [6.45, 7) is 2.26. The topological polar surface area (TPSA) is 69.7 Å². The number of rotatable bonds is 5. The lowest BCUT2D eigenvalue weighted by Gasteiger charge is -2.31. The highest BCUT2D eigenvalue weighted by Crippen LogP contribution is 2.42. The third-order valence-corrected chi connectivity index (χ3v) is 8.36. The van der Waals surface area contributed by atoms with Gasteiger partial charge in [0.2, 0.25) is 15.9 Å². The molecule has 0 spiro atoms. The number of likely N-dealkylation sites (N-methyl/N-ethyl adjacent to an activating group) is 1. The second kappa shape index (κ2) is 8.68. The molecule has 8 heteroatoms. The first-order valence-corrected chi connectivity index (χ1v) is 12.1. The van der Waals surface area contributed by atoms with E-state index in [0.29, 0.717) is 50.3 Å². The number of benzene rings is 2. The number of nitrogens with zero attached hydrogens (tertiary/aromatic N) is 2. The maximum Gasteiger partial charge on any atom is 0.243 e. The van der Waals surface area contributed by atoms with Crippen LogP contribution >= 0.6 is 0 Å². The zero-order valence-corrected chi connectivity index (χ0v) is 18.5. The van der Waals surface area contributed by atoms with E-state index in [4.69, 9.17) is 0 Å². The van der Waals surface area contributed by atoms with Gasteiger partial charge in [-0.2, -0.15) is 4.31 Å². The Hall–Kier alpha value is -2.29. The van der Waals surface area contributed by atoms with Crippen molar-refractivity contribution >= 4 is 21.6 Å². The predicted molar refractivity (Wildman–Crippen MR) is 118 cm³/mol. The van der Waals surface area contributed by atoms with E-state index in [2.05, 4.69) is 10.2 Å². The van der Waals surface area contributed by atoms with E-state index in [1.54, 1.807) is 30.3 Å². The van der Waals surface area contributed by atoms with Crippen molar-refractivity contribution in [2.75, 3.05) is 38.5 Å². The standard InChI is InChI=1S/C23H28FN3O3S/c1-26-12-14-27(15-13-26)31(29,30)21-9-5-8-20(17-21)25-22(28)23(10-2-3-11-23)18-6-4-7-19(24)16-18/h4-9,16-17H,2-3,10-15H2,1H3,(H,25,28). The van der Waals surface area contributed by atoms with Crippen LogP contribution in [0.2, 0.25) is 0 Å². The number of amides is 1. The number of nitrogens with one attached hydrogen (secondary N) is 1. The van der Waals surface area contributed by atoms with Gasteiger partial charge in [-0.15, -0.1) is 0 Å². The van der Waals surface area contributed by atoms with Crippen molar-refractivity contribution in [2.45, 2.75) is 36.0 Å². The molecular formula is C23H28FN3O3S. The minimum absolute atomic E-state index is 0.168. The largest absolute Gasteiger partial charge is 0.325 e. The van der Waals surface area contributed by atoms with Crippen molar-refractivity contribution in [1.82, 2.24) is 9.21 Å². The SMILES string of the molecule is CN1CCN(S(=O)(=O)c2cccc(NC(=O)C3(c4cccc(F)c4)CCCC3)c2)CC1. The Labute approximate surface area is 183 Å². The summed E-state index contributed by atoms with van der Waals surface area (Å²) in [5.74, 6) is -0.582. The molecule has 31 heavy (non-hydrogen) atoms. The zero-order valence-electron chi connectivity index (χ0n) is 17.7. The fourth-order valence-electron chi connectivity index (χ4n) is 4.57. The van der Waals surface area contributed by atoms with E-state index >= 15 is 0 Å². The number of halogens is 1. The van der Waals surface area contributed by atoms with Crippen molar-refractivity contribution in [2.24, 2.45) is 0 Å². The Bertz CT molecular complexity index is 1060. The van der Waals surface area contributed by atoms with Gasteiger partial charge in [-0.1, -0.05) is 31.0 Å². The normalized spacial score (nSPS) is 19.9. The first-order valence-electron chi connectivity index (χ1n) is 10.7. The Kier molecular flexibility index (Phi) is 6.14. The van der Waals surface area contributed by atoms with Crippen molar-refractivity contribution in [3.05, 3.63) is 59.9 Å². The van der Waals surface area contributed by atoms with Crippen LogP contribution in [0.15, 0.2) is 53.4 Å². The third kappa shape index (κ3) is 4.37. The molecule has 2 fully saturated rings. The summed E-state index contributed by atoms with van der Waals surface area (Å²) in [5, 5.41) is 2.91. The van der Waals surface area contributed by atoms with Crippen LogP contribution in [0.3, 0.4) is 0 Å². The molecule has 1 saturated carbocycles. The number of carbonyl (C=O) groups is 1. The predicted octanol–water partition coefficient (Wildman–Crippen LogP) is 3.21. The van der Waals surface area contributed by atoms with Gasteiger partial charge < -0.3 is 10.2 Å². The summed E-state index contributed by atoms with van der Waals surface area (Å²) in [5.41, 5.74) is 0.306. The molecule has 2 aromatic carbocycles. The van der Waals surface area contributed by atoms with Crippen LogP contribution in [0.25, 0.3) is 0 Å². The van der Waals surface area contributed by atoms with Crippen molar-refractivity contribution in [3.8, 4) is 0 Å². The Balaban J connectivity index is 1.57. The van der Waals surface area contributed by atoms with Crippen LogP contribution in [0, 0.1) is 5.82 Å².